The number of carbonyl (C=O) groups excluding carboxylic acids is 1. The minimum absolute atomic E-state index is 0. The average molecular weight is 418 g/mol. The van der Waals surface area contributed by atoms with Crippen LogP contribution in [0.4, 0.5) is 0 Å². The standard InChI is InChI=1S/C18H18Cl2N2OS.ClH/c1-11(24-17-7-15(19)4-5-16(17)20)18(23)22-8-12-2-3-13-9-21-10-14(13)6-12;/h2-7,11,21H,8-10H2,1H3,(H,22,23);1H. The highest BCUT2D eigenvalue weighted by Crippen LogP contribution is 2.32. The van der Waals surface area contributed by atoms with Gasteiger partial charge in [0.1, 0.15) is 0 Å². The number of thioether (sulfide) groups is 1. The summed E-state index contributed by atoms with van der Waals surface area (Å²) >= 11 is 13.6. The Morgan fingerprint density at radius 2 is 1.96 bits per heavy atom. The molecule has 3 nitrogen and oxygen atoms in total. The largest absolute Gasteiger partial charge is 0.351 e. The molecular weight excluding hydrogens is 399 g/mol. The van der Waals surface area contributed by atoms with Gasteiger partial charge in [0.15, 0.2) is 0 Å². The maximum Gasteiger partial charge on any atom is 0.233 e. The number of halogens is 3. The van der Waals surface area contributed by atoms with Crippen molar-refractivity contribution in [3.63, 3.8) is 0 Å². The number of carbonyl (C=O) groups is 1. The molecule has 2 N–H and O–H groups in total. The Morgan fingerprint density at radius 1 is 1.20 bits per heavy atom. The molecule has 7 heteroatoms. The molecule has 1 unspecified atom stereocenters. The first-order valence-electron chi connectivity index (χ1n) is 7.74. The van der Waals surface area contributed by atoms with Crippen LogP contribution in [-0.4, -0.2) is 11.2 Å². The zero-order valence-corrected chi connectivity index (χ0v) is 16.8. The van der Waals surface area contributed by atoms with E-state index in [4.69, 9.17) is 23.2 Å². The fourth-order valence-electron chi connectivity index (χ4n) is 2.60. The molecule has 0 saturated carbocycles. The fraction of sp³-hybridized carbons (Fsp3) is 0.278. The summed E-state index contributed by atoms with van der Waals surface area (Å²) in [6, 6.07) is 11.6. The number of amides is 1. The fourth-order valence-corrected chi connectivity index (χ4v) is 4.04. The lowest BCUT2D eigenvalue weighted by atomic mass is 10.1. The summed E-state index contributed by atoms with van der Waals surface area (Å²) in [5.41, 5.74) is 3.77. The normalized spacial score (nSPS) is 13.7. The predicted octanol–water partition coefficient (Wildman–Crippen LogP) is 4.82. The molecule has 2 aromatic rings. The minimum Gasteiger partial charge on any atom is -0.351 e. The van der Waals surface area contributed by atoms with Crippen molar-refractivity contribution in [1.82, 2.24) is 10.6 Å². The second-order valence-electron chi connectivity index (χ2n) is 5.76. The third kappa shape index (κ3) is 5.28. The third-order valence-electron chi connectivity index (χ3n) is 3.93. The molecule has 1 aliphatic rings. The first-order valence-corrected chi connectivity index (χ1v) is 9.37. The lowest BCUT2D eigenvalue weighted by Crippen LogP contribution is -2.30. The van der Waals surface area contributed by atoms with E-state index < -0.39 is 0 Å². The van der Waals surface area contributed by atoms with Crippen molar-refractivity contribution in [3.8, 4) is 0 Å². The van der Waals surface area contributed by atoms with E-state index in [1.807, 2.05) is 6.92 Å². The third-order valence-corrected chi connectivity index (χ3v) is 5.77. The second-order valence-corrected chi connectivity index (χ2v) is 7.99. The Morgan fingerprint density at radius 3 is 2.76 bits per heavy atom. The molecule has 1 atom stereocenters. The van der Waals surface area contributed by atoms with E-state index in [0.717, 1.165) is 23.5 Å². The van der Waals surface area contributed by atoms with Gasteiger partial charge >= 0.3 is 0 Å². The molecule has 134 valence electrons. The first-order chi connectivity index (χ1) is 11.5. The van der Waals surface area contributed by atoms with Crippen molar-refractivity contribution in [2.75, 3.05) is 0 Å². The second kappa shape index (κ2) is 9.15. The monoisotopic (exact) mass is 416 g/mol. The predicted molar refractivity (Wildman–Crippen MR) is 108 cm³/mol. The van der Waals surface area contributed by atoms with Gasteiger partial charge in [-0.25, -0.2) is 0 Å². The Kier molecular flexibility index (Phi) is 7.47. The molecule has 1 amide bonds. The zero-order valence-electron chi connectivity index (χ0n) is 13.6. The summed E-state index contributed by atoms with van der Waals surface area (Å²) in [5, 5.41) is 7.28. The molecule has 0 spiro atoms. The number of benzene rings is 2. The zero-order chi connectivity index (χ0) is 17.1. The first kappa shape index (κ1) is 20.4. The lowest BCUT2D eigenvalue weighted by Gasteiger charge is -2.13. The van der Waals surface area contributed by atoms with Crippen LogP contribution < -0.4 is 10.6 Å². The highest BCUT2D eigenvalue weighted by Gasteiger charge is 2.16. The van der Waals surface area contributed by atoms with E-state index in [1.54, 1.807) is 18.2 Å². The summed E-state index contributed by atoms with van der Waals surface area (Å²) < 4.78 is 0. The van der Waals surface area contributed by atoms with Crippen molar-refractivity contribution in [2.45, 2.75) is 36.7 Å². The van der Waals surface area contributed by atoms with Gasteiger partial charge in [-0.15, -0.1) is 24.2 Å². The Balaban J connectivity index is 0.00000225. The van der Waals surface area contributed by atoms with Crippen LogP contribution >= 0.6 is 47.4 Å². The van der Waals surface area contributed by atoms with Crippen LogP contribution in [0.15, 0.2) is 41.3 Å². The van der Waals surface area contributed by atoms with Gasteiger partial charge in [-0.3, -0.25) is 4.79 Å². The molecule has 0 saturated heterocycles. The molecule has 3 rings (SSSR count). The van der Waals surface area contributed by atoms with Gasteiger partial charge in [0.05, 0.1) is 10.3 Å². The SMILES string of the molecule is CC(Sc1cc(Cl)ccc1Cl)C(=O)NCc1ccc2c(c1)CNC2.Cl. The number of rotatable bonds is 5. The van der Waals surface area contributed by atoms with Gasteiger partial charge < -0.3 is 10.6 Å². The maximum atomic E-state index is 12.3. The van der Waals surface area contributed by atoms with Crippen LogP contribution in [0.3, 0.4) is 0 Å². The summed E-state index contributed by atoms with van der Waals surface area (Å²) in [5.74, 6) is -0.0188. The van der Waals surface area contributed by atoms with Crippen molar-refractivity contribution >= 4 is 53.3 Å². The average Bonchev–Trinajstić information content (AvgIpc) is 3.03. The van der Waals surface area contributed by atoms with E-state index in [0.29, 0.717) is 16.6 Å². The van der Waals surface area contributed by atoms with Crippen LogP contribution in [0.1, 0.15) is 23.6 Å². The van der Waals surface area contributed by atoms with Gasteiger partial charge in [0, 0.05) is 29.6 Å². The van der Waals surface area contributed by atoms with Crippen LogP contribution in [0.2, 0.25) is 10.0 Å². The van der Waals surface area contributed by atoms with Crippen LogP contribution in [0.5, 0.6) is 0 Å². The number of hydrogen-bond acceptors (Lipinski definition) is 3. The Bertz CT molecular complexity index is 770. The molecule has 0 bridgehead atoms. The van der Waals surface area contributed by atoms with Crippen molar-refractivity contribution in [2.24, 2.45) is 0 Å². The van der Waals surface area contributed by atoms with Crippen LogP contribution in [0, 0.1) is 0 Å². The molecule has 0 aliphatic carbocycles. The summed E-state index contributed by atoms with van der Waals surface area (Å²) in [4.78, 5) is 13.1. The number of fused-ring (bicyclic) bond motifs is 1. The summed E-state index contributed by atoms with van der Waals surface area (Å²) in [6.45, 7) is 4.22. The van der Waals surface area contributed by atoms with E-state index in [1.165, 1.54) is 22.9 Å². The molecular formula is C18H19Cl3N2OS. The quantitative estimate of drug-likeness (QED) is 0.686. The van der Waals surface area contributed by atoms with Gasteiger partial charge in [0.25, 0.3) is 0 Å². The number of hydrogen-bond donors (Lipinski definition) is 2. The molecule has 1 heterocycles. The van der Waals surface area contributed by atoms with Gasteiger partial charge in [-0.1, -0.05) is 41.4 Å². The highest BCUT2D eigenvalue weighted by molar-refractivity contribution is 8.00. The topological polar surface area (TPSA) is 41.1 Å². The van der Waals surface area contributed by atoms with Crippen molar-refractivity contribution < 1.29 is 4.79 Å². The van der Waals surface area contributed by atoms with Crippen LogP contribution in [-0.2, 0) is 24.4 Å². The number of nitrogens with one attached hydrogen (secondary N) is 2. The maximum absolute atomic E-state index is 12.3. The van der Waals surface area contributed by atoms with Crippen LogP contribution in [0.25, 0.3) is 0 Å². The Labute approximate surface area is 168 Å². The van der Waals surface area contributed by atoms with Crippen molar-refractivity contribution in [3.05, 3.63) is 63.1 Å². The molecule has 2 aromatic carbocycles. The highest BCUT2D eigenvalue weighted by atomic mass is 35.5. The molecule has 25 heavy (non-hydrogen) atoms. The molecule has 0 radical (unpaired) electrons. The molecule has 1 aliphatic heterocycles. The van der Waals surface area contributed by atoms with E-state index in [9.17, 15) is 4.79 Å². The summed E-state index contributed by atoms with van der Waals surface area (Å²) in [6.07, 6.45) is 0. The lowest BCUT2D eigenvalue weighted by molar-refractivity contribution is -0.120. The van der Waals surface area contributed by atoms with E-state index in [-0.39, 0.29) is 23.6 Å². The Hall–Kier alpha value is -0.910. The van der Waals surface area contributed by atoms with Gasteiger partial charge in [-0.05, 0) is 41.8 Å². The summed E-state index contributed by atoms with van der Waals surface area (Å²) in [7, 11) is 0. The van der Waals surface area contributed by atoms with Gasteiger partial charge in [-0.2, -0.15) is 0 Å². The minimum atomic E-state index is -0.253. The molecule has 0 aromatic heterocycles. The van der Waals surface area contributed by atoms with Crippen molar-refractivity contribution in [1.29, 1.82) is 0 Å². The molecule has 0 fully saturated rings. The smallest absolute Gasteiger partial charge is 0.233 e. The van der Waals surface area contributed by atoms with Gasteiger partial charge in [0.2, 0.25) is 5.91 Å². The van der Waals surface area contributed by atoms with E-state index in [2.05, 4.69) is 28.8 Å². The van der Waals surface area contributed by atoms with E-state index >= 15 is 0 Å².